The van der Waals surface area contributed by atoms with Gasteiger partial charge in [0.25, 0.3) is 0 Å². The van der Waals surface area contributed by atoms with Gasteiger partial charge in [-0.15, -0.1) is 11.3 Å². The van der Waals surface area contributed by atoms with Crippen LogP contribution in [0.1, 0.15) is 5.56 Å². The van der Waals surface area contributed by atoms with Crippen molar-refractivity contribution in [3.63, 3.8) is 0 Å². The number of hydrogen-bond donors (Lipinski definition) is 1. The molecule has 3 rings (SSSR count). The topological polar surface area (TPSA) is 29.1 Å². The maximum absolute atomic E-state index is 11.3. The third-order valence-electron chi connectivity index (χ3n) is 3.57. The largest absolute Gasteiger partial charge is 0.352 e. The number of carbonyl (C=O) groups excluding carboxylic acids is 1. The summed E-state index contributed by atoms with van der Waals surface area (Å²) in [7, 11) is 0. The molecule has 4 heteroatoms. The Morgan fingerprint density at radius 2 is 1.95 bits per heavy atom. The fourth-order valence-corrected chi connectivity index (χ4v) is 4.21. The highest BCUT2D eigenvalue weighted by Gasteiger charge is 2.07. The molecule has 0 saturated carbocycles. The molecule has 0 radical (unpaired) electrons. The van der Waals surface area contributed by atoms with Crippen LogP contribution >= 0.6 is 23.6 Å². The highest BCUT2D eigenvalue weighted by Crippen LogP contribution is 2.32. The molecule has 0 aliphatic carbocycles. The lowest BCUT2D eigenvalue weighted by molar-refractivity contribution is -0.116. The van der Waals surface area contributed by atoms with Crippen LogP contribution < -0.4 is 5.32 Å². The Bertz CT molecular complexity index is 927. The van der Waals surface area contributed by atoms with E-state index in [9.17, 15) is 4.79 Å². The minimum Gasteiger partial charge on any atom is -0.352 e. The van der Waals surface area contributed by atoms with Gasteiger partial charge >= 0.3 is 0 Å². The van der Waals surface area contributed by atoms with Crippen molar-refractivity contribution in [2.75, 3.05) is 6.54 Å². The van der Waals surface area contributed by atoms with Gasteiger partial charge < -0.3 is 5.32 Å². The molecule has 0 bridgehead atoms. The molecule has 1 aromatic heterocycles. The first-order valence-corrected chi connectivity index (χ1v) is 8.27. The molecule has 0 fully saturated rings. The van der Waals surface area contributed by atoms with Gasteiger partial charge in [-0.25, -0.2) is 0 Å². The number of benzene rings is 2. The summed E-state index contributed by atoms with van der Waals surface area (Å²) in [5.41, 5.74) is 1.17. The fourth-order valence-electron chi connectivity index (χ4n) is 2.52. The zero-order valence-corrected chi connectivity index (χ0v) is 13.6. The third-order valence-corrected chi connectivity index (χ3v) is 5.13. The van der Waals surface area contributed by atoms with E-state index in [-0.39, 0.29) is 5.91 Å². The average Bonchev–Trinajstić information content (AvgIpc) is 2.55. The zero-order chi connectivity index (χ0) is 15.5. The zero-order valence-electron chi connectivity index (χ0n) is 12.0. The number of rotatable bonds is 4. The third kappa shape index (κ3) is 2.80. The highest BCUT2D eigenvalue weighted by molar-refractivity contribution is 7.72. The van der Waals surface area contributed by atoms with Crippen molar-refractivity contribution in [3.05, 3.63) is 65.2 Å². The number of carbonyl (C=O) groups is 1. The molecular formula is C18H15NOS2. The summed E-state index contributed by atoms with van der Waals surface area (Å²) >= 11 is 7.46. The predicted octanol–water partition coefficient (Wildman–Crippen LogP) is 4.63. The van der Waals surface area contributed by atoms with Gasteiger partial charge in [-0.2, -0.15) is 0 Å². The van der Waals surface area contributed by atoms with Crippen LogP contribution in [0.15, 0.2) is 55.1 Å². The Labute approximate surface area is 138 Å². The number of hydrogen-bond acceptors (Lipinski definition) is 3. The van der Waals surface area contributed by atoms with Gasteiger partial charge in [0.05, 0.1) is 4.51 Å². The second-order valence-electron chi connectivity index (χ2n) is 4.96. The second kappa shape index (κ2) is 6.38. The lowest BCUT2D eigenvalue weighted by Gasteiger charge is -2.09. The lowest BCUT2D eigenvalue weighted by atomic mass is 10.1. The molecule has 0 unspecified atom stereocenters. The average molecular weight is 325 g/mol. The van der Waals surface area contributed by atoms with E-state index in [4.69, 9.17) is 12.2 Å². The van der Waals surface area contributed by atoms with Crippen molar-refractivity contribution in [2.45, 2.75) is 6.42 Å². The summed E-state index contributed by atoms with van der Waals surface area (Å²) in [5, 5.41) is 5.07. The first-order valence-electron chi connectivity index (χ1n) is 7.04. The summed E-state index contributed by atoms with van der Waals surface area (Å²) < 4.78 is 3.29. The monoisotopic (exact) mass is 325 g/mol. The Hall–Kier alpha value is -2.04. The minimum absolute atomic E-state index is 0.146. The summed E-state index contributed by atoms with van der Waals surface area (Å²) in [4.78, 5) is 11.3. The molecule has 2 aromatic carbocycles. The van der Waals surface area contributed by atoms with E-state index in [0.717, 1.165) is 21.7 Å². The molecular weight excluding hydrogens is 310 g/mol. The molecule has 3 aromatic rings. The van der Waals surface area contributed by atoms with Crippen LogP contribution in [0, 0.1) is 4.51 Å². The van der Waals surface area contributed by atoms with E-state index in [2.05, 4.69) is 36.2 Å². The molecule has 22 heavy (non-hydrogen) atoms. The molecule has 0 atom stereocenters. The van der Waals surface area contributed by atoms with Gasteiger partial charge in [-0.05, 0) is 30.2 Å². The standard InChI is InChI=1S/C18H15NOS2/c1-2-16(20)19-11-10-12-6-5-9-15-17(12)18(21)13-7-3-4-8-14(13)22-15/h2-9H,1,10-11H2,(H,19,20). The van der Waals surface area contributed by atoms with Crippen molar-refractivity contribution in [2.24, 2.45) is 0 Å². The fraction of sp³-hybridized carbons (Fsp3) is 0.111. The second-order valence-corrected chi connectivity index (χ2v) is 6.45. The van der Waals surface area contributed by atoms with Crippen LogP contribution in [0.3, 0.4) is 0 Å². The molecule has 110 valence electrons. The number of fused-ring (bicyclic) bond motifs is 2. The summed E-state index contributed by atoms with van der Waals surface area (Å²) in [5.74, 6) is -0.146. The van der Waals surface area contributed by atoms with E-state index in [1.807, 2.05) is 18.2 Å². The van der Waals surface area contributed by atoms with Gasteiger partial charge in [-0.3, -0.25) is 4.79 Å². The Kier molecular flexibility index (Phi) is 4.32. The van der Waals surface area contributed by atoms with Crippen molar-refractivity contribution < 1.29 is 4.79 Å². The number of amides is 1. The Morgan fingerprint density at radius 3 is 2.77 bits per heavy atom. The van der Waals surface area contributed by atoms with Crippen LogP contribution in [0.25, 0.3) is 20.2 Å². The van der Waals surface area contributed by atoms with E-state index in [0.29, 0.717) is 6.54 Å². The van der Waals surface area contributed by atoms with Crippen LogP contribution in [0.2, 0.25) is 0 Å². The predicted molar refractivity (Wildman–Crippen MR) is 97.1 cm³/mol. The summed E-state index contributed by atoms with van der Waals surface area (Å²) in [6, 6.07) is 14.5. The Morgan fingerprint density at radius 1 is 1.18 bits per heavy atom. The number of nitrogens with one attached hydrogen (secondary N) is 1. The van der Waals surface area contributed by atoms with Crippen molar-refractivity contribution in [1.29, 1.82) is 0 Å². The molecule has 0 aliphatic heterocycles. The van der Waals surface area contributed by atoms with E-state index in [1.54, 1.807) is 11.3 Å². The maximum atomic E-state index is 11.3. The maximum Gasteiger partial charge on any atom is 0.243 e. The van der Waals surface area contributed by atoms with Crippen LogP contribution in [0.4, 0.5) is 0 Å². The molecule has 0 aliphatic rings. The van der Waals surface area contributed by atoms with E-state index < -0.39 is 0 Å². The van der Waals surface area contributed by atoms with Gasteiger partial charge in [0.2, 0.25) is 5.91 Å². The SMILES string of the molecule is C=CC(=O)NCCc1cccc2sc3ccccc3c(=S)c12. The van der Waals surface area contributed by atoms with Crippen LogP contribution in [-0.4, -0.2) is 12.5 Å². The van der Waals surface area contributed by atoms with Crippen LogP contribution in [0.5, 0.6) is 0 Å². The summed E-state index contributed by atoms with van der Waals surface area (Å²) in [6.07, 6.45) is 2.04. The Balaban J connectivity index is 2.07. The van der Waals surface area contributed by atoms with Gasteiger partial charge in [0.1, 0.15) is 0 Å². The lowest BCUT2D eigenvalue weighted by Crippen LogP contribution is -2.23. The quantitative estimate of drug-likeness (QED) is 0.430. The normalized spacial score (nSPS) is 10.7. The van der Waals surface area contributed by atoms with Gasteiger partial charge in [-0.1, -0.05) is 49.1 Å². The summed E-state index contributed by atoms with van der Waals surface area (Å²) in [6.45, 7) is 4.04. The molecule has 2 nitrogen and oxygen atoms in total. The first kappa shape index (κ1) is 14.9. The van der Waals surface area contributed by atoms with Crippen LogP contribution in [-0.2, 0) is 11.2 Å². The molecule has 1 N–H and O–H groups in total. The van der Waals surface area contributed by atoms with E-state index >= 15 is 0 Å². The highest BCUT2D eigenvalue weighted by atomic mass is 32.1. The van der Waals surface area contributed by atoms with Crippen molar-refractivity contribution in [1.82, 2.24) is 5.32 Å². The van der Waals surface area contributed by atoms with E-state index in [1.165, 1.54) is 21.0 Å². The van der Waals surface area contributed by atoms with Crippen molar-refractivity contribution in [3.8, 4) is 0 Å². The van der Waals surface area contributed by atoms with Crippen molar-refractivity contribution >= 4 is 49.6 Å². The first-order chi connectivity index (χ1) is 10.7. The molecule has 1 amide bonds. The van der Waals surface area contributed by atoms with Gasteiger partial charge in [0.15, 0.2) is 0 Å². The van der Waals surface area contributed by atoms with Gasteiger partial charge in [0, 0.05) is 26.7 Å². The smallest absolute Gasteiger partial charge is 0.243 e. The molecule has 0 saturated heterocycles. The molecule has 1 heterocycles. The molecule has 0 spiro atoms. The minimum atomic E-state index is -0.146.